The van der Waals surface area contributed by atoms with Crippen molar-refractivity contribution in [2.24, 2.45) is 5.73 Å². The van der Waals surface area contributed by atoms with Crippen LogP contribution in [0.25, 0.3) is 0 Å². The number of nitrogens with zero attached hydrogens (tertiary/aromatic N) is 2. The van der Waals surface area contributed by atoms with E-state index >= 15 is 0 Å². The van der Waals surface area contributed by atoms with E-state index in [1.165, 1.54) is 23.0 Å². The van der Waals surface area contributed by atoms with Crippen LogP contribution in [0.15, 0.2) is 30.3 Å². The van der Waals surface area contributed by atoms with Gasteiger partial charge in [-0.25, -0.2) is 0 Å². The van der Waals surface area contributed by atoms with Gasteiger partial charge < -0.3 is 25.0 Å². The molecule has 2 aromatic rings. The first-order valence-electron chi connectivity index (χ1n) is 10.0. The molecule has 9 heteroatoms. The normalized spacial score (nSPS) is 15.8. The number of methoxy groups -OCH3 is 1. The van der Waals surface area contributed by atoms with Gasteiger partial charge in [0.2, 0.25) is 11.8 Å². The lowest BCUT2D eigenvalue weighted by Gasteiger charge is -2.33. The van der Waals surface area contributed by atoms with Crippen molar-refractivity contribution in [2.45, 2.75) is 25.4 Å². The van der Waals surface area contributed by atoms with E-state index < -0.39 is 23.9 Å². The molecular formula is C23H25ClN3O5. The molecule has 1 heterocycles. The predicted molar refractivity (Wildman–Crippen MR) is 119 cm³/mol. The molecule has 0 aromatic heterocycles. The molecule has 0 aliphatic carbocycles. The largest absolute Gasteiger partial charge is 0.493 e. The first-order chi connectivity index (χ1) is 15.2. The average molecular weight is 459 g/mol. The SMILES string of the molecule is CCOc1cc(C(CC(=O)N(C)C)N2C(=O)c3[c]ccc(Cl)c3C2C(N)=O)ccc1OC. The number of hydrogen-bond donors (Lipinski definition) is 1. The molecule has 3 rings (SSSR count). The molecule has 1 aliphatic rings. The fourth-order valence-electron chi connectivity index (χ4n) is 3.81. The molecular weight excluding hydrogens is 434 g/mol. The lowest BCUT2D eigenvalue weighted by Crippen LogP contribution is -2.41. The first kappa shape index (κ1) is 23.4. The van der Waals surface area contributed by atoms with E-state index in [0.717, 1.165) is 0 Å². The summed E-state index contributed by atoms with van der Waals surface area (Å²) in [6, 6.07) is 9.11. The van der Waals surface area contributed by atoms with E-state index in [-0.39, 0.29) is 22.9 Å². The smallest absolute Gasteiger partial charge is 0.256 e. The molecule has 32 heavy (non-hydrogen) atoms. The van der Waals surface area contributed by atoms with Gasteiger partial charge in [0.15, 0.2) is 11.5 Å². The summed E-state index contributed by atoms with van der Waals surface area (Å²) >= 11 is 6.33. The number of carbonyl (C=O) groups is 3. The fraction of sp³-hybridized carbons (Fsp3) is 0.348. The van der Waals surface area contributed by atoms with Crippen molar-refractivity contribution in [3.63, 3.8) is 0 Å². The third kappa shape index (κ3) is 4.23. The molecule has 1 aliphatic heterocycles. The van der Waals surface area contributed by atoms with Gasteiger partial charge in [0.05, 0.1) is 31.7 Å². The third-order valence-corrected chi connectivity index (χ3v) is 5.66. The van der Waals surface area contributed by atoms with Crippen LogP contribution in [0.2, 0.25) is 5.02 Å². The zero-order valence-corrected chi connectivity index (χ0v) is 19.1. The van der Waals surface area contributed by atoms with Gasteiger partial charge in [-0.2, -0.15) is 0 Å². The van der Waals surface area contributed by atoms with E-state index in [0.29, 0.717) is 29.2 Å². The van der Waals surface area contributed by atoms with Gasteiger partial charge in [-0.05, 0) is 36.8 Å². The molecule has 2 unspecified atom stereocenters. The molecule has 0 bridgehead atoms. The molecule has 1 radical (unpaired) electrons. The number of nitrogens with two attached hydrogens (primary N) is 1. The third-order valence-electron chi connectivity index (χ3n) is 5.33. The van der Waals surface area contributed by atoms with Gasteiger partial charge >= 0.3 is 0 Å². The minimum Gasteiger partial charge on any atom is -0.493 e. The van der Waals surface area contributed by atoms with Gasteiger partial charge in [0.1, 0.15) is 6.04 Å². The van der Waals surface area contributed by atoms with Crippen LogP contribution in [0, 0.1) is 6.07 Å². The minimum absolute atomic E-state index is 0.0774. The Hall–Kier alpha value is -3.26. The van der Waals surface area contributed by atoms with Crippen molar-refractivity contribution in [1.82, 2.24) is 9.80 Å². The summed E-state index contributed by atoms with van der Waals surface area (Å²) in [6.07, 6.45) is -0.0774. The van der Waals surface area contributed by atoms with E-state index in [4.69, 9.17) is 26.8 Å². The molecule has 0 saturated heterocycles. The molecule has 3 amide bonds. The van der Waals surface area contributed by atoms with E-state index in [1.54, 1.807) is 38.4 Å². The van der Waals surface area contributed by atoms with Gasteiger partial charge in [-0.15, -0.1) is 0 Å². The Labute approximate surface area is 191 Å². The summed E-state index contributed by atoms with van der Waals surface area (Å²) in [5.74, 6) is -0.492. The standard InChI is InChI=1S/C23H25ClN3O5/c1-5-32-18-11-13(9-10-17(18)31-4)16(12-19(28)26(2)3)27-21(22(25)29)20-14(23(27)30)7-6-8-15(20)24/h6,8-11,16,21H,5,12H2,1-4H3,(H2,25,29). The minimum atomic E-state index is -1.14. The summed E-state index contributed by atoms with van der Waals surface area (Å²) in [5, 5.41) is 0.237. The second kappa shape index (κ2) is 9.48. The molecule has 169 valence electrons. The summed E-state index contributed by atoms with van der Waals surface area (Å²) < 4.78 is 11.0. The highest BCUT2D eigenvalue weighted by atomic mass is 35.5. The molecule has 2 atom stereocenters. The van der Waals surface area contributed by atoms with Gasteiger partial charge in [-0.3, -0.25) is 14.4 Å². The van der Waals surface area contributed by atoms with E-state index in [2.05, 4.69) is 6.07 Å². The first-order valence-corrected chi connectivity index (χ1v) is 10.4. The topological polar surface area (TPSA) is 102 Å². The number of fused-ring (bicyclic) bond motifs is 1. The van der Waals surface area contributed by atoms with Crippen molar-refractivity contribution in [2.75, 3.05) is 27.8 Å². The number of carbonyl (C=O) groups excluding carboxylic acids is 3. The predicted octanol–water partition coefficient (Wildman–Crippen LogP) is 2.75. The lowest BCUT2D eigenvalue weighted by molar-refractivity contribution is -0.131. The summed E-state index contributed by atoms with van der Waals surface area (Å²) in [5.41, 5.74) is 6.78. The number of amides is 3. The molecule has 2 N–H and O–H groups in total. The maximum atomic E-state index is 13.4. The van der Waals surface area contributed by atoms with Crippen LogP contribution in [0.5, 0.6) is 11.5 Å². The Bertz CT molecular complexity index is 1060. The quantitative estimate of drug-likeness (QED) is 0.655. The molecule has 0 spiro atoms. The van der Waals surface area contributed by atoms with Crippen molar-refractivity contribution in [3.8, 4) is 11.5 Å². The monoisotopic (exact) mass is 458 g/mol. The summed E-state index contributed by atoms with van der Waals surface area (Å²) in [7, 11) is 4.76. The Morgan fingerprint density at radius 2 is 2.00 bits per heavy atom. The highest BCUT2D eigenvalue weighted by Crippen LogP contribution is 2.45. The molecule has 0 fully saturated rings. The second-order valence-corrected chi connectivity index (χ2v) is 7.89. The Balaban J connectivity index is 2.17. The van der Waals surface area contributed by atoms with Crippen LogP contribution in [0.3, 0.4) is 0 Å². The Kier molecular flexibility index (Phi) is 6.93. The number of benzene rings is 2. The number of ether oxygens (including phenoxy) is 2. The van der Waals surface area contributed by atoms with Crippen LogP contribution < -0.4 is 15.2 Å². The molecule has 8 nitrogen and oxygen atoms in total. The number of hydrogen-bond acceptors (Lipinski definition) is 5. The molecule has 0 saturated carbocycles. The van der Waals surface area contributed by atoms with Crippen molar-refractivity contribution >= 4 is 29.3 Å². The van der Waals surface area contributed by atoms with E-state index in [1.807, 2.05) is 6.92 Å². The van der Waals surface area contributed by atoms with Crippen LogP contribution >= 0.6 is 11.6 Å². The fourth-order valence-corrected chi connectivity index (χ4v) is 4.07. The van der Waals surface area contributed by atoms with Crippen LogP contribution in [-0.4, -0.2) is 55.3 Å². The maximum Gasteiger partial charge on any atom is 0.256 e. The highest BCUT2D eigenvalue weighted by Gasteiger charge is 2.46. The van der Waals surface area contributed by atoms with E-state index in [9.17, 15) is 14.4 Å². The van der Waals surface area contributed by atoms with Crippen molar-refractivity contribution < 1.29 is 23.9 Å². The zero-order chi connectivity index (χ0) is 23.6. The van der Waals surface area contributed by atoms with Gasteiger partial charge in [-0.1, -0.05) is 23.7 Å². The summed E-state index contributed by atoms with van der Waals surface area (Å²) in [4.78, 5) is 41.4. The number of halogens is 1. The maximum absolute atomic E-state index is 13.4. The average Bonchev–Trinajstić information content (AvgIpc) is 3.06. The van der Waals surface area contributed by atoms with Crippen LogP contribution in [0.4, 0.5) is 0 Å². The van der Waals surface area contributed by atoms with Crippen LogP contribution in [0.1, 0.15) is 46.9 Å². The van der Waals surface area contributed by atoms with Gasteiger partial charge in [0, 0.05) is 24.7 Å². The Morgan fingerprint density at radius 3 is 2.59 bits per heavy atom. The highest BCUT2D eigenvalue weighted by molar-refractivity contribution is 6.32. The number of primary amides is 1. The van der Waals surface area contributed by atoms with Crippen molar-refractivity contribution in [3.05, 3.63) is 58.1 Å². The second-order valence-electron chi connectivity index (χ2n) is 7.48. The Morgan fingerprint density at radius 1 is 1.28 bits per heavy atom. The summed E-state index contributed by atoms with van der Waals surface area (Å²) in [6.45, 7) is 2.23. The number of rotatable bonds is 8. The van der Waals surface area contributed by atoms with Crippen molar-refractivity contribution in [1.29, 1.82) is 0 Å². The van der Waals surface area contributed by atoms with Crippen LogP contribution in [-0.2, 0) is 9.59 Å². The zero-order valence-electron chi connectivity index (χ0n) is 18.3. The lowest BCUT2D eigenvalue weighted by atomic mass is 9.98. The van der Waals surface area contributed by atoms with Gasteiger partial charge in [0.25, 0.3) is 5.91 Å². The molecule has 2 aromatic carbocycles.